The summed E-state index contributed by atoms with van der Waals surface area (Å²) in [4.78, 5) is 23.9. The van der Waals surface area contributed by atoms with Crippen molar-refractivity contribution in [2.45, 2.75) is 13.8 Å². The molecule has 0 unspecified atom stereocenters. The molecule has 1 heterocycles. The van der Waals surface area contributed by atoms with E-state index in [1.54, 1.807) is 0 Å². The van der Waals surface area contributed by atoms with Crippen LogP contribution in [-0.2, 0) is 9.59 Å². The summed E-state index contributed by atoms with van der Waals surface area (Å²) in [6.45, 7) is 5.62. The zero-order chi connectivity index (χ0) is 11.4. The van der Waals surface area contributed by atoms with Crippen LogP contribution in [0.5, 0.6) is 0 Å². The Morgan fingerprint density at radius 2 is 2.07 bits per heavy atom. The number of amides is 1. The van der Waals surface area contributed by atoms with E-state index in [4.69, 9.17) is 5.11 Å². The lowest BCUT2D eigenvalue weighted by Gasteiger charge is -2.32. The molecule has 0 bridgehead atoms. The minimum absolute atomic E-state index is 0.0249. The summed E-state index contributed by atoms with van der Waals surface area (Å²) in [6.07, 6.45) is 0. The van der Waals surface area contributed by atoms with Crippen LogP contribution in [-0.4, -0.2) is 48.1 Å². The highest BCUT2D eigenvalue weighted by molar-refractivity contribution is 5.84. The molecule has 5 heteroatoms. The largest absolute Gasteiger partial charge is 0.480 e. The third-order valence-corrected chi connectivity index (χ3v) is 2.35. The summed E-state index contributed by atoms with van der Waals surface area (Å²) in [5, 5.41) is 11.7. The van der Waals surface area contributed by atoms with Crippen molar-refractivity contribution in [3.63, 3.8) is 0 Å². The van der Waals surface area contributed by atoms with Gasteiger partial charge in [-0.15, -0.1) is 0 Å². The molecule has 2 N–H and O–H groups in total. The van der Waals surface area contributed by atoms with Gasteiger partial charge in [0.05, 0.1) is 5.92 Å². The number of aliphatic carboxylic acids is 1. The van der Waals surface area contributed by atoms with E-state index in [-0.39, 0.29) is 18.4 Å². The number of nitrogens with one attached hydrogen (secondary N) is 1. The summed E-state index contributed by atoms with van der Waals surface area (Å²) in [7, 11) is 0. The van der Waals surface area contributed by atoms with Gasteiger partial charge in [0.15, 0.2) is 0 Å². The first kappa shape index (κ1) is 12.0. The highest BCUT2D eigenvalue weighted by Gasteiger charge is 2.30. The van der Waals surface area contributed by atoms with E-state index in [0.29, 0.717) is 25.6 Å². The molecule has 1 amide bonds. The van der Waals surface area contributed by atoms with Crippen molar-refractivity contribution in [2.24, 2.45) is 11.8 Å². The molecule has 1 fully saturated rings. The fourth-order valence-corrected chi connectivity index (χ4v) is 1.56. The Hall–Kier alpha value is -1.10. The van der Waals surface area contributed by atoms with Gasteiger partial charge >= 0.3 is 5.97 Å². The van der Waals surface area contributed by atoms with Crippen molar-refractivity contribution in [3.05, 3.63) is 0 Å². The molecule has 0 aromatic rings. The lowest BCUT2D eigenvalue weighted by atomic mass is 10.0. The molecule has 1 aliphatic rings. The molecule has 0 radical (unpaired) electrons. The van der Waals surface area contributed by atoms with E-state index in [2.05, 4.69) is 5.32 Å². The van der Waals surface area contributed by atoms with Crippen LogP contribution in [0.25, 0.3) is 0 Å². The average Bonchev–Trinajstić information content (AvgIpc) is 1.97. The summed E-state index contributed by atoms with van der Waals surface area (Å²) in [5.41, 5.74) is 0. The first-order valence-corrected chi connectivity index (χ1v) is 5.22. The van der Waals surface area contributed by atoms with E-state index in [1.807, 2.05) is 13.8 Å². The number of hydrogen-bond donors (Lipinski definition) is 2. The minimum Gasteiger partial charge on any atom is -0.480 e. The minimum atomic E-state index is -0.948. The number of carbonyl (C=O) groups is 2. The van der Waals surface area contributed by atoms with Gasteiger partial charge in [0.1, 0.15) is 6.54 Å². The molecule has 0 saturated carbocycles. The van der Waals surface area contributed by atoms with Gasteiger partial charge in [-0.25, -0.2) is 0 Å². The second-order valence-corrected chi connectivity index (χ2v) is 4.36. The number of carboxylic acids is 1. The average molecular weight is 214 g/mol. The Labute approximate surface area is 89.4 Å². The van der Waals surface area contributed by atoms with Gasteiger partial charge in [-0.2, -0.15) is 0 Å². The van der Waals surface area contributed by atoms with Gasteiger partial charge in [0.2, 0.25) is 5.91 Å². The second kappa shape index (κ2) is 5.11. The standard InChI is InChI=1S/C10H18N2O3/c1-7(2)5-12(6-9(13)14)10(15)8-3-11-4-8/h7-8,11H,3-6H2,1-2H3,(H,13,14). The fourth-order valence-electron chi connectivity index (χ4n) is 1.56. The summed E-state index contributed by atoms with van der Waals surface area (Å²) < 4.78 is 0. The number of carbonyl (C=O) groups excluding carboxylic acids is 1. The van der Waals surface area contributed by atoms with Crippen LogP contribution in [0.4, 0.5) is 0 Å². The summed E-state index contributed by atoms with van der Waals surface area (Å²) in [5.74, 6) is -0.717. The topological polar surface area (TPSA) is 69.6 Å². The molecule has 0 atom stereocenters. The zero-order valence-corrected chi connectivity index (χ0v) is 9.19. The van der Waals surface area contributed by atoms with E-state index < -0.39 is 5.97 Å². The van der Waals surface area contributed by atoms with Crippen LogP contribution in [0, 0.1) is 11.8 Å². The molecule has 0 spiro atoms. The van der Waals surface area contributed by atoms with Crippen LogP contribution in [0.1, 0.15) is 13.8 Å². The molecule has 1 aliphatic heterocycles. The lowest BCUT2D eigenvalue weighted by Crippen LogP contribution is -2.53. The third kappa shape index (κ3) is 3.51. The van der Waals surface area contributed by atoms with Crippen LogP contribution >= 0.6 is 0 Å². The van der Waals surface area contributed by atoms with Crippen molar-refractivity contribution >= 4 is 11.9 Å². The first-order chi connectivity index (χ1) is 7.00. The van der Waals surface area contributed by atoms with Crippen LogP contribution in [0.3, 0.4) is 0 Å². The maximum absolute atomic E-state index is 11.8. The number of carboxylic acid groups (broad SMARTS) is 1. The van der Waals surface area contributed by atoms with Gasteiger partial charge < -0.3 is 15.3 Å². The monoisotopic (exact) mass is 214 g/mol. The Bertz CT molecular complexity index is 249. The molecular weight excluding hydrogens is 196 g/mol. The normalized spacial score (nSPS) is 16.2. The first-order valence-electron chi connectivity index (χ1n) is 5.22. The van der Waals surface area contributed by atoms with Crippen molar-refractivity contribution in [3.8, 4) is 0 Å². The Morgan fingerprint density at radius 1 is 1.47 bits per heavy atom. The van der Waals surface area contributed by atoms with E-state index in [1.165, 1.54) is 4.90 Å². The van der Waals surface area contributed by atoms with Gasteiger partial charge in [-0.05, 0) is 5.92 Å². The molecule has 15 heavy (non-hydrogen) atoms. The van der Waals surface area contributed by atoms with Crippen LogP contribution in [0.2, 0.25) is 0 Å². The summed E-state index contributed by atoms with van der Waals surface area (Å²) >= 11 is 0. The molecule has 0 aliphatic carbocycles. The Morgan fingerprint density at radius 3 is 2.40 bits per heavy atom. The maximum atomic E-state index is 11.8. The molecular formula is C10H18N2O3. The molecule has 0 aromatic carbocycles. The van der Waals surface area contributed by atoms with Gasteiger partial charge in [-0.1, -0.05) is 13.8 Å². The van der Waals surface area contributed by atoms with Crippen molar-refractivity contribution in [1.29, 1.82) is 0 Å². The molecule has 5 nitrogen and oxygen atoms in total. The Kier molecular flexibility index (Phi) is 4.08. The number of hydrogen-bond acceptors (Lipinski definition) is 3. The number of rotatable bonds is 5. The van der Waals surface area contributed by atoms with Crippen molar-refractivity contribution in [2.75, 3.05) is 26.2 Å². The van der Waals surface area contributed by atoms with Gasteiger partial charge in [0, 0.05) is 19.6 Å². The third-order valence-electron chi connectivity index (χ3n) is 2.35. The highest BCUT2D eigenvalue weighted by atomic mass is 16.4. The Balaban J connectivity index is 2.53. The zero-order valence-electron chi connectivity index (χ0n) is 9.19. The lowest BCUT2D eigenvalue weighted by molar-refractivity contribution is -0.147. The SMILES string of the molecule is CC(C)CN(CC(=O)O)C(=O)C1CNC1. The molecule has 0 aromatic heterocycles. The fraction of sp³-hybridized carbons (Fsp3) is 0.800. The van der Waals surface area contributed by atoms with E-state index >= 15 is 0 Å². The smallest absolute Gasteiger partial charge is 0.323 e. The van der Waals surface area contributed by atoms with Gasteiger partial charge in [-0.3, -0.25) is 9.59 Å². The predicted molar refractivity (Wildman–Crippen MR) is 55.4 cm³/mol. The van der Waals surface area contributed by atoms with Crippen LogP contribution in [0.15, 0.2) is 0 Å². The van der Waals surface area contributed by atoms with E-state index in [9.17, 15) is 9.59 Å². The van der Waals surface area contributed by atoms with Crippen molar-refractivity contribution < 1.29 is 14.7 Å². The quantitative estimate of drug-likeness (QED) is 0.663. The molecule has 1 rings (SSSR count). The predicted octanol–water partition coefficient (Wildman–Crippen LogP) is -0.225. The molecule has 86 valence electrons. The van der Waals surface area contributed by atoms with Crippen molar-refractivity contribution in [1.82, 2.24) is 10.2 Å². The summed E-state index contributed by atoms with van der Waals surface area (Å²) in [6, 6.07) is 0. The van der Waals surface area contributed by atoms with Gasteiger partial charge in [0.25, 0.3) is 0 Å². The number of nitrogens with zero attached hydrogens (tertiary/aromatic N) is 1. The van der Waals surface area contributed by atoms with E-state index in [0.717, 1.165) is 0 Å². The molecule has 1 saturated heterocycles. The van der Waals surface area contributed by atoms with Crippen LogP contribution < -0.4 is 5.32 Å². The second-order valence-electron chi connectivity index (χ2n) is 4.36. The highest BCUT2D eigenvalue weighted by Crippen LogP contribution is 2.10. The maximum Gasteiger partial charge on any atom is 0.323 e.